The van der Waals surface area contributed by atoms with E-state index >= 15 is 0 Å². The van der Waals surface area contributed by atoms with Gasteiger partial charge in [0.15, 0.2) is 0 Å². The average Bonchev–Trinajstić information content (AvgIpc) is 2.37. The molecule has 66 valence electrons. The lowest BCUT2D eigenvalue weighted by molar-refractivity contribution is 0.885. The number of hydrogen-bond donors (Lipinski definition) is 1. The van der Waals surface area contributed by atoms with Gasteiger partial charge in [0, 0.05) is 12.2 Å². The Bertz CT molecular complexity index is 244. The van der Waals surface area contributed by atoms with Crippen LogP contribution in [0.5, 0.6) is 0 Å². The lowest BCUT2D eigenvalue weighted by Gasteiger charge is -1.99. The van der Waals surface area contributed by atoms with Crippen LogP contribution in [0.4, 0.5) is 0 Å². The molecule has 0 atom stereocenters. The first-order valence-corrected chi connectivity index (χ1v) is 4.48. The zero-order valence-electron chi connectivity index (χ0n) is 8.15. The minimum Gasteiger partial charge on any atom is -0.385 e. The van der Waals surface area contributed by atoms with Gasteiger partial charge in [0.2, 0.25) is 0 Å². The largest absolute Gasteiger partial charge is 0.385 e. The maximum atomic E-state index is 3.37. The Labute approximate surface area is 74.9 Å². The average molecular weight is 163 g/mol. The van der Waals surface area contributed by atoms with Crippen molar-refractivity contribution >= 4 is 0 Å². The van der Waals surface area contributed by atoms with Crippen molar-refractivity contribution in [3.8, 4) is 0 Å². The first kappa shape index (κ1) is 9.11. The molecule has 0 radical (unpaired) electrons. The lowest BCUT2D eigenvalue weighted by Crippen LogP contribution is -2.05. The number of rotatable bonds is 2. The molecule has 1 heterocycles. The minimum absolute atomic E-state index is 1.10. The third-order valence-electron chi connectivity index (χ3n) is 2.08. The summed E-state index contributed by atoms with van der Waals surface area (Å²) in [6, 6.07) is 0. The quantitative estimate of drug-likeness (QED) is 0.617. The standard InChI is InChI=1S/C11H17N/c1-4-5-9(2)8-11-10(3)6-7-12-11/h4-5,8,12H,6-7H2,1-3H3/b5-4-,9-8-. The summed E-state index contributed by atoms with van der Waals surface area (Å²) in [6.45, 7) is 7.45. The van der Waals surface area contributed by atoms with Crippen molar-refractivity contribution in [3.63, 3.8) is 0 Å². The molecule has 0 fully saturated rings. The van der Waals surface area contributed by atoms with E-state index in [2.05, 4.69) is 37.4 Å². The fraction of sp³-hybridized carbons (Fsp3) is 0.455. The normalized spacial score (nSPS) is 19.1. The van der Waals surface area contributed by atoms with Crippen molar-refractivity contribution in [2.75, 3.05) is 6.54 Å². The zero-order chi connectivity index (χ0) is 8.97. The smallest absolute Gasteiger partial charge is 0.0332 e. The van der Waals surface area contributed by atoms with Crippen LogP contribution in [-0.2, 0) is 0 Å². The van der Waals surface area contributed by atoms with Crippen molar-refractivity contribution in [2.45, 2.75) is 27.2 Å². The van der Waals surface area contributed by atoms with E-state index in [1.54, 1.807) is 0 Å². The number of nitrogens with one attached hydrogen (secondary N) is 1. The second kappa shape index (κ2) is 4.15. The summed E-state index contributed by atoms with van der Waals surface area (Å²) in [5.41, 5.74) is 4.09. The first-order valence-electron chi connectivity index (χ1n) is 4.48. The van der Waals surface area contributed by atoms with Gasteiger partial charge < -0.3 is 5.32 Å². The third kappa shape index (κ3) is 2.26. The molecule has 0 spiro atoms. The summed E-state index contributed by atoms with van der Waals surface area (Å²) >= 11 is 0. The highest BCUT2D eigenvalue weighted by molar-refractivity contribution is 5.33. The molecule has 1 aliphatic heterocycles. The molecule has 0 aromatic carbocycles. The highest BCUT2D eigenvalue weighted by Crippen LogP contribution is 2.14. The van der Waals surface area contributed by atoms with E-state index in [-0.39, 0.29) is 0 Å². The molecule has 1 aliphatic rings. The summed E-state index contributed by atoms with van der Waals surface area (Å²) in [6.07, 6.45) is 7.59. The van der Waals surface area contributed by atoms with Crippen molar-refractivity contribution in [3.05, 3.63) is 35.1 Å². The molecule has 0 amide bonds. The van der Waals surface area contributed by atoms with Gasteiger partial charge in [0.25, 0.3) is 0 Å². The molecule has 0 unspecified atom stereocenters. The van der Waals surface area contributed by atoms with Gasteiger partial charge in [0.1, 0.15) is 0 Å². The third-order valence-corrected chi connectivity index (χ3v) is 2.08. The highest BCUT2D eigenvalue weighted by atomic mass is 14.9. The van der Waals surface area contributed by atoms with Crippen molar-refractivity contribution in [1.82, 2.24) is 5.32 Å². The van der Waals surface area contributed by atoms with E-state index < -0.39 is 0 Å². The molecule has 1 rings (SSSR count). The van der Waals surface area contributed by atoms with Crippen LogP contribution in [0, 0.1) is 0 Å². The summed E-state index contributed by atoms with van der Waals surface area (Å²) in [4.78, 5) is 0. The molecule has 0 saturated carbocycles. The van der Waals surface area contributed by atoms with Crippen LogP contribution in [0.2, 0.25) is 0 Å². The summed E-state index contributed by atoms with van der Waals surface area (Å²) in [7, 11) is 0. The van der Waals surface area contributed by atoms with E-state index in [9.17, 15) is 0 Å². The van der Waals surface area contributed by atoms with Gasteiger partial charge in [-0.1, -0.05) is 12.2 Å². The van der Waals surface area contributed by atoms with Crippen molar-refractivity contribution in [1.29, 1.82) is 0 Å². The van der Waals surface area contributed by atoms with Crippen molar-refractivity contribution in [2.24, 2.45) is 0 Å². The summed E-state index contributed by atoms with van der Waals surface area (Å²) < 4.78 is 0. The van der Waals surface area contributed by atoms with Gasteiger partial charge in [-0.2, -0.15) is 0 Å². The van der Waals surface area contributed by atoms with Gasteiger partial charge in [0.05, 0.1) is 0 Å². The Balaban J connectivity index is 2.72. The van der Waals surface area contributed by atoms with E-state index in [0.29, 0.717) is 0 Å². The van der Waals surface area contributed by atoms with E-state index in [1.807, 2.05) is 6.92 Å². The van der Waals surface area contributed by atoms with Gasteiger partial charge >= 0.3 is 0 Å². The summed E-state index contributed by atoms with van der Waals surface area (Å²) in [5.74, 6) is 0. The van der Waals surface area contributed by atoms with E-state index in [0.717, 1.165) is 6.54 Å². The predicted octanol–water partition coefficient (Wildman–Crippen LogP) is 2.78. The second-order valence-corrected chi connectivity index (χ2v) is 3.26. The van der Waals surface area contributed by atoms with Crippen LogP contribution in [0.1, 0.15) is 27.2 Å². The molecule has 12 heavy (non-hydrogen) atoms. The van der Waals surface area contributed by atoms with Crippen LogP contribution in [0.25, 0.3) is 0 Å². The van der Waals surface area contributed by atoms with E-state index in [1.165, 1.54) is 23.3 Å². The molecular formula is C11H17N. The van der Waals surface area contributed by atoms with Crippen LogP contribution in [0.15, 0.2) is 35.1 Å². The van der Waals surface area contributed by atoms with Crippen LogP contribution in [0.3, 0.4) is 0 Å². The fourth-order valence-electron chi connectivity index (χ4n) is 1.38. The Hall–Kier alpha value is -0.980. The van der Waals surface area contributed by atoms with Gasteiger partial charge in [-0.25, -0.2) is 0 Å². The number of allylic oxidation sites excluding steroid dienone is 4. The topological polar surface area (TPSA) is 12.0 Å². The molecular weight excluding hydrogens is 146 g/mol. The molecule has 0 bridgehead atoms. The molecule has 1 nitrogen and oxygen atoms in total. The lowest BCUT2D eigenvalue weighted by atomic mass is 10.1. The van der Waals surface area contributed by atoms with Gasteiger partial charge in [-0.15, -0.1) is 0 Å². The molecule has 0 aromatic heterocycles. The van der Waals surface area contributed by atoms with Crippen LogP contribution < -0.4 is 5.32 Å². The monoisotopic (exact) mass is 163 g/mol. The van der Waals surface area contributed by atoms with Crippen LogP contribution in [-0.4, -0.2) is 6.54 Å². The SMILES string of the molecule is C/C=C\C(C)=C/C1=C(C)CCN1. The molecule has 0 aliphatic carbocycles. The highest BCUT2D eigenvalue weighted by Gasteiger charge is 2.06. The number of hydrogen-bond acceptors (Lipinski definition) is 1. The van der Waals surface area contributed by atoms with Gasteiger partial charge in [-0.05, 0) is 44.4 Å². The Morgan fingerprint density at radius 1 is 1.50 bits per heavy atom. The maximum absolute atomic E-state index is 3.37. The summed E-state index contributed by atoms with van der Waals surface area (Å²) in [5, 5.41) is 3.37. The fourth-order valence-corrected chi connectivity index (χ4v) is 1.38. The van der Waals surface area contributed by atoms with Crippen molar-refractivity contribution < 1.29 is 0 Å². The maximum Gasteiger partial charge on any atom is 0.0332 e. The zero-order valence-corrected chi connectivity index (χ0v) is 8.15. The Kier molecular flexibility index (Phi) is 3.15. The Morgan fingerprint density at radius 2 is 2.25 bits per heavy atom. The van der Waals surface area contributed by atoms with Crippen LogP contribution >= 0.6 is 0 Å². The predicted molar refractivity (Wildman–Crippen MR) is 53.9 cm³/mol. The first-order chi connectivity index (χ1) is 5.74. The molecule has 1 heteroatoms. The van der Waals surface area contributed by atoms with Gasteiger partial charge in [-0.3, -0.25) is 0 Å². The molecule has 0 saturated heterocycles. The second-order valence-electron chi connectivity index (χ2n) is 3.26. The molecule has 0 aromatic rings. The Morgan fingerprint density at radius 3 is 2.75 bits per heavy atom. The minimum atomic E-state index is 1.10. The van der Waals surface area contributed by atoms with E-state index in [4.69, 9.17) is 0 Å². The molecule has 1 N–H and O–H groups in total.